The lowest BCUT2D eigenvalue weighted by Crippen LogP contribution is -2.37. The standard InChI is InChI=1S/C26H25FN8O5/c1-15(14-40-3)33-12-17-23(26(33)39)34(13-21(36)30-19-8-7-16(27)11-29-19)22-10-18(31-35(22)24(17)37)25(38)32(2)20-6-4-5-9-28-20/h4-11,15H,12-14H2,1-3H3,(H,29,30,36). The number of halogens is 1. The van der Waals surface area contributed by atoms with Crippen molar-refractivity contribution in [2.75, 3.05) is 31.0 Å². The average molecular weight is 549 g/mol. The highest BCUT2D eigenvalue weighted by atomic mass is 19.1. The van der Waals surface area contributed by atoms with Crippen LogP contribution in [-0.2, 0) is 22.6 Å². The van der Waals surface area contributed by atoms with Gasteiger partial charge in [-0.3, -0.25) is 24.1 Å². The molecule has 0 aliphatic carbocycles. The first-order valence-electron chi connectivity index (χ1n) is 12.3. The monoisotopic (exact) mass is 548 g/mol. The molecular formula is C26H25FN8O5. The van der Waals surface area contributed by atoms with Crippen LogP contribution < -0.4 is 15.8 Å². The van der Waals surface area contributed by atoms with Crippen LogP contribution in [0.2, 0.25) is 0 Å². The number of amides is 3. The minimum absolute atomic E-state index is 0.0136. The Morgan fingerprint density at radius 2 is 2.00 bits per heavy atom. The molecule has 1 atom stereocenters. The largest absolute Gasteiger partial charge is 0.383 e. The molecule has 1 unspecified atom stereocenters. The number of ether oxygens (including phenoxy) is 1. The van der Waals surface area contributed by atoms with Gasteiger partial charge in [-0.2, -0.15) is 9.61 Å². The number of carbonyl (C=O) groups is 3. The predicted molar refractivity (Wildman–Crippen MR) is 140 cm³/mol. The van der Waals surface area contributed by atoms with Gasteiger partial charge in [0.25, 0.3) is 17.4 Å². The van der Waals surface area contributed by atoms with Crippen LogP contribution in [0.25, 0.3) is 5.65 Å². The summed E-state index contributed by atoms with van der Waals surface area (Å²) in [7, 11) is 3.02. The minimum Gasteiger partial charge on any atom is -0.383 e. The molecule has 0 bridgehead atoms. The summed E-state index contributed by atoms with van der Waals surface area (Å²) in [5.74, 6) is -1.71. The van der Waals surface area contributed by atoms with E-state index in [1.165, 1.54) is 46.9 Å². The lowest BCUT2D eigenvalue weighted by atomic mass is 10.2. The Labute approximate surface area is 226 Å². The third-order valence-electron chi connectivity index (χ3n) is 6.52. The van der Waals surface area contributed by atoms with Crippen molar-refractivity contribution in [3.63, 3.8) is 0 Å². The molecule has 40 heavy (non-hydrogen) atoms. The lowest BCUT2D eigenvalue weighted by molar-refractivity contribution is -0.116. The number of aromatic nitrogens is 5. The van der Waals surface area contributed by atoms with Crippen molar-refractivity contribution in [3.8, 4) is 0 Å². The Morgan fingerprint density at radius 1 is 1.20 bits per heavy atom. The molecule has 5 rings (SSSR count). The van der Waals surface area contributed by atoms with E-state index in [0.29, 0.717) is 5.82 Å². The maximum atomic E-state index is 13.6. The highest BCUT2D eigenvalue weighted by molar-refractivity contribution is 6.05. The second-order valence-electron chi connectivity index (χ2n) is 9.22. The van der Waals surface area contributed by atoms with Gasteiger partial charge in [0.05, 0.1) is 31.0 Å². The van der Waals surface area contributed by atoms with E-state index < -0.39 is 35.6 Å². The zero-order valence-corrected chi connectivity index (χ0v) is 21.9. The molecule has 206 valence electrons. The molecule has 0 fully saturated rings. The van der Waals surface area contributed by atoms with E-state index in [9.17, 15) is 23.6 Å². The maximum absolute atomic E-state index is 13.6. The van der Waals surface area contributed by atoms with Crippen molar-refractivity contribution in [1.82, 2.24) is 29.0 Å². The quantitative estimate of drug-likeness (QED) is 0.347. The molecule has 0 aromatic carbocycles. The summed E-state index contributed by atoms with van der Waals surface area (Å²) in [4.78, 5) is 64.1. The number of nitrogens with one attached hydrogen (secondary N) is 1. The van der Waals surface area contributed by atoms with Gasteiger partial charge in [-0.25, -0.2) is 14.4 Å². The SMILES string of the molecule is COCC(C)N1Cc2c(n(CC(=O)Nc3ccc(F)cn3)c3cc(C(=O)N(C)c4ccccn4)nn3c2=O)C1=O. The van der Waals surface area contributed by atoms with Crippen molar-refractivity contribution >= 4 is 35.0 Å². The third-order valence-corrected chi connectivity index (χ3v) is 6.52. The van der Waals surface area contributed by atoms with Gasteiger partial charge < -0.3 is 19.5 Å². The van der Waals surface area contributed by atoms with E-state index >= 15 is 0 Å². The maximum Gasteiger partial charge on any atom is 0.280 e. The Kier molecular flexibility index (Phi) is 7.09. The van der Waals surface area contributed by atoms with Crippen LogP contribution in [0.5, 0.6) is 0 Å². The molecule has 4 aromatic rings. The summed E-state index contributed by atoms with van der Waals surface area (Å²) < 4.78 is 20.8. The number of hydrogen-bond acceptors (Lipinski definition) is 8. The van der Waals surface area contributed by atoms with Gasteiger partial charge in [0.2, 0.25) is 5.91 Å². The average Bonchev–Trinajstić information content (AvgIpc) is 3.55. The van der Waals surface area contributed by atoms with E-state index in [0.717, 1.165) is 16.8 Å². The number of pyridine rings is 2. The van der Waals surface area contributed by atoms with Crippen LogP contribution in [0, 0.1) is 5.82 Å². The summed E-state index contributed by atoms with van der Waals surface area (Å²) in [5, 5.41) is 6.81. The summed E-state index contributed by atoms with van der Waals surface area (Å²) in [5.41, 5.74) is -0.450. The van der Waals surface area contributed by atoms with Crippen LogP contribution in [0.1, 0.15) is 33.5 Å². The molecule has 0 radical (unpaired) electrons. The summed E-state index contributed by atoms with van der Waals surface area (Å²) in [6.45, 7) is 1.58. The van der Waals surface area contributed by atoms with Crippen molar-refractivity contribution in [2.24, 2.45) is 0 Å². The Morgan fingerprint density at radius 3 is 2.67 bits per heavy atom. The van der Waals surface area contributed by atoms with Crippen LogP contribution in [0.4, 0.5) is 16.0 Å². The second kappa shape index (κ2) is 10.6. The highest BCUT2D eigenvalue weighted by Gasteiger charge is 2.37. The van der Waals surface area contributed by atoms with Crippen LogP contribution in [0.15, 0.2) is 53.6 Å². The Balaban J connectivity index is 1.59. The first-order chi connectivity index (χ1) is 19.2. The van der Waals surface area contributed by atoms with Gasteiger partial charge >= 0.3 is 0 Å². The van der Waals surface area contributed by atoms with Crippen molar-refractivity contribution in [1.29, 1.82) is 0 Å². The van der Waals surface area contributed by atoms with E-state index in [1.807, 2.05) is 0 Å². The number of rotatable bonds is 8. The molecule has 0 saturated heterocycles. The van der Waals surface area contributed by atoms with Crippen molar-refractivity contribution < 1.29 is 23.5 Å². The fourth-order valence-corrected chi connectivity index (χ4v) is 4.54. The first kappa shape index (κ1) is 26.6. The van der Waals surface area contributed by atoms with Gasteiger partial charge in [0, 0.05) is 26.4 Å². The molecular weight excluding hydrogens is 523 g/mol. The molecule has 0 spiro atoms. The van der Waals surface area contributed by atoms with E-state index in [2.05, 4.69) is 20.4 Å². The van der Waals surface area contributed by atoms with Crippen molar-refractivity contribution in [2.45, 2.75) is 26.1 Å². The Bertz CT molecular complexity index is 1670. The summed E-state index contributed by atoms with van der Waals surface area (Å²) in [6.07, 6.45) is 2.49. The van der Waals surface area contributed by atoms with Gasteiger partial charge in [-0.1, -0.05) is 6.07 Å². The molecule has 14 heteroatoms. The van der Waals surface area contributed by atoms with E-state index in [4.69, 9.17) is 4.74 Å². The normalized spacial score (nSPS) is 13.4. The van der Waals surface area contributed by atoms with Gasteiger partial charge in [-0.15, -0.1) is 0 Å². The molecule has 0 saturated carbocycles. The predicted octanol–water partition coefficient (Wildman–Crippen LogP) is 1.33. The first-order valence-corrected chi connectivity index (χ1v) is 12.3. The topological polar surface area (TPSA) is 144 Å². The lowest BCUT2D eigenvalue weighted by Gasteiger charge is -2.23. The number of hydrogen-bond donors (Lipinski definition) is 1. The number of fused-ring (bicyclic) bond motifs is 2. The molecule has 3 amide bonds. The number of methoxy groups -OCH3 is 1. The Hall–Kier alpha value is -4.98. The number of nitrogens with zero attached hydrogens (tertiary/aromatic N) is 7. The highest BCUT2D eigenvalue weighted by Crippen LogP contribution is 2.25. The van der Waals surface area contributed by atoms with Crippen molar-refractivity contribution in [3.05, 3.63) is 81.9 Å². The molecule has 1 aliphatic rings. The zero-order valence-electron chi connectivity index (χ0n) is 21.9. The van der Waals surface area contributed by atoms with Gasteiger partial charge in [0.1, 0.15) is 35.3 Å². The molecule has 1 N–H and O–H groups in total. The smallest absolute Gasteiger partial charge is 0.280 e. The molecule has 5 heterocycles. The molecule has 1 aliphatic heterocycles. The zero-order chi connectivity index (χ0) is 28.6. The fourth-order valence-electron chi connectivity index (χ4n) is 4.54. The van der Waals surface area contributed by atoms with Crippen LogP contribution >= 0.6 is 0 Å². The summed E-state index contributed by atoms with van der Waals surface area (Å²) >= 11 is 0. The second-order valence-corrected chi connectivity index (χ2v) is 9.22. The van der Waals surface area contributed by atoms with Gasteiger partial charge in [0.15, 0.2) is 5.69 Å². The van der Waals surface area contributed by atoms with Gasteiger partial charge in [-0.05, 0) is 31.2 Å². The van der Waals surface area contributed by atoms with E-state index in [-0.39, 0.29) is 47.6 Å². The van der Waals surface area contributed by atoms with E-state index in [1.54, 1.807) is 25.1 Å². The van der Waals surface area contributed by atoms with Crippen LogP contribution in [-0.4, -0.2) is 73.6 Å². The summed E-state index contributed by atoms with van der Waals surface area (Å²) in [6, 6.07) is 8.50. The minimum atomic E-state index is -0.595. The molecule has 13 nitrogen and oxygen atoms in total. The number of anilines is 2. The third kappa shape index (κ3) is 4.80. The molecule has 4 aromatic heterocycles. The van der Waals surface area contributed by atoms with Crippen LogP contribution in [0.3, 0.4) is 0 Å². The fraction of sp³-hybridized carbons (Fsp3) is 0.269. The number of carbonyl (C=O) groups excluding carboxylic acids is 3.